The molecule has 1 aromatic rings. The van der Waals surface area contributed by atoms with Crippen LogP contribution in [0.1, 0.15) is 38.4 Å². The maximum absolute atomic E-state index is 5.80. The highest BCUT2D eigenvalue weighted by Crippen LogP contribution is 2.11. The van der Waals surface area contributed by atoms with Crippen molar-refractivity contribution in [2.75, 3.05) is 5.75 Å². The molecular formula is C10H19N3OS. The maximum atomic E-state index is 5.80. The number of hydrogen-bond donors (Lipinski definition) is 1. The molecule has 0 aliphatic carbocycles. The van der Waals surface area contributed by atoms with E-state index in [4.69, 9.17) is 10.3 Å². The normalized spacial score (nSPS) is 13.0. The molecule has 1 rings (SSSR count). The van der Waals surface area contributed by atoms with E-state index in [1.54, 1.807) is 11.8 Å². The number of nitrogens with zero attached hydrogens (tertiary/aromatic N) is 2. The van der Waals surface area contributed by atoms with Crippen molar-refractivity contribution in [3.63, 3.8) is 0 Å². The van der Waals surface area contributed by atoms with Gasteiger partial charge in [0.05, 0.1) is 5.75 Å². The second-order valence-corrected chi connectivity index (χ2v) is 4.57. The first-order valence-corrected chi connectivity index (χ1v) is 6.56. The molecule has 2 N–H and O–H groups in total. The molecule has 0 aromatic carbocycles. The van der Waals surface area contributed by atoms with Gasteiger partial charge in [-0.15, -0.1) is 0 Å². The van der Waals surface area contributed by atoms with Crippen LogP contribution in [0.3, 0.4) is 0 Å². The van der Waals surface area contributed by atoms with E-state index < -0.39 is 0 Å². The number of thioether (sulfide) groups is 1. The summed E-state index contributed by atoms with van der Waals surface area (Å²) in [5.41, 5.74) is 5.80. The fourth-order valence-electron chi connectivity index (χ4n) is 1.08. The lowest BCUT2D eigenvalue weighted by Gasteiger charge is -2.05. The zero-order chi connectivity index (χ0) is 11.1. The van der Waals surface area contributed by atoms with E-state index >= 15 is 0 Å². The Bertz CT molecular complexity index is 277. The maximum Gasteiger partial charge on any atom is 0.226 e. The van der Waals surface area contributed by atoms with Gasteiger partial charge in [-0.05, 0) is 12.8 Å². The Morgan fingerprint density at radius 3 is 2.93 bits per heavy atom. The Labute approximate surface area is 95.0 Å². The van der Waals surface area contributed by atoms with Crippen molar-refractivity contribution < 1.29 is 4.52 Å². The molecule has 0 spiro atoms. The van der Waals surface area contributed by atoms with Crippen molar-refractivity contribution in [2.24, 2.45) is 5.73 Å². The quantitative estimate of drug-likeness (QED) is 0.774. The molecule has 0 fully saturated rings. The minimum atomic E-state index is 0.275. The largest absolute Gasteiger partial charge is 0.339 e. The van der Waals surface area contributed by atoms with Gasteiger partial charge in [0.1, 0.15) is 0 Å². The zero-order valence-corrected chi connectivity index (χ0v) is 10.2. The minimum Gasteiger partial charge on any atom is -0.339 e. The molecule has 5 heteroatoms. The standard InChI is InChI=1S/C10H19N3OS/c1-3-5-10-12-9(13-14-10)7-15-6-8(11)4-2/h8H,3-7,11H2,1-2H3. The van der Waals surface area contributed by atoms with Crippen LogP contribution in [0.5, 0.6) is 0 Å². The molecule has 0 aliphatic heterocycles. The molecule has 0 saturated heterocycles. The Hall–Kier alpha value is -0.550. The molecule has 1 aromatic heterocycles. The van der Waals surface area contributed by atoms with Gasteiger partial charge in [0.2, 0.25) is 5.89 Å². The average Bonchev–Trinajstić information content (AvgIpc) is 2.66. The van der Waals surface area contributed by atoms with Gasteiger partial charge in [-0.1, -0.05) is 19.0 Å². The van der Waals surface area contributed by atoms with Crippen LogP contribution in [0.25, 0.3) is 0 Å². The Morgan fingerprint density at radius 1 is 1.47 bits per heavy atom. The van der Waals surface area contributed by atoms with Crippen molar-refractivity contribution >= 4 is 11.8 Å². The summed E-state index contributed by atoms with van der Waals surface area (Å²) >= 11 is 1.76. The van der Waals surface area contributed by atoms with Crippen LogP contribution in [0.4, 0.5) is 0 Å². The zero-order valence-electron chi connectivity index (χ0n) is 9.40. The van der Waals surface area contributed by atoms with E-state index in [1.807, 2.05) is 0 Å². The van der Waals surface area contributed by atoms with Crippen molar-refractivity contribution in [3.05, 3.63) is 11.7 Å². The van der Waals surface area contributed by atoms with Gasteiger partial charge in [-0.3, -0.25) is 0 Å². The van der Waals surface area contributed by atoms with Crippen LogP contribution in [0.2, 0.25) is 0 Å². The molecule has 86 valence electrons. The SMILES string of the molecule is CCCc1nc(CSCC(N)CC)no1. The van der Waals surface area contributed by atoms with Crippen LogP contribution >= 0.6 is 11.8 Å². The van der Waals surface area contributed by atoms with E-state index in [-0.39, 0.29) is 6.04 Å². The van der Waals surface area contributed by atoms with Crippen LogP contribution in [-0.4, -0.2) is 21.9 Å². The van der Waals surface area contributed by atoms with Crippen molar-refractivity contribution in [1.29, 1.82) is 0 Å². The van der Waals surface area contributed by atoms with Gasteiger partial charge >= 0.3 is 0 Å². The molecule has 0 amide bonds. The Balaban J connectivity index is 2.25. The van der Waals surface area contributed by atoms with E-state index in [1.165, 1.54) is 0 Å². The van der Waals surface area contributed by atoms with Crippen LogP contribution < -0.4 is 5.73 Å². The molecule has 1 heterocycles. The first kappa shape index (κ1) is 12.5. The molecule has 0 saturated carbocycles. The van der Waals surface area contributed by atoms with E-state index in [9.17, 15) is 0 Å². The second kappa shape index (κ2) is 6.85. The van der Waals surface area contributed by atoms with Crippen LogP contribution in [-0.2, 0) is 12.2 Å². The highest BCUT2D eigenvalue weighted by molar-refractivity contribution is 7.98. The van der Waals surface area contributed by atoms with Gasteiger partial charge in [0, 0.05) is 18.2 Å². The molecule has 0 bridgehead atoms. The van der Waals surface area contributed by atoms with Gasteiger partial charge in [-0.25, -0.2) is 0 Å². The third-order valence-electron chi connectivity index (χ3n) is 2.06. The minimum absolute atomic E-state index is 0.275. The molecule has 0 aliphatic rings. The van der Waals surface area contributed by atoms with Crippen LogP contribution in [0, 0.1) is 0 Å². The van der Waals surface area contributed by atoms with Crippen molar-refractivity contribution in [1.82, 2.24) is 10.1 Å². The third kappa shape index (κ3) is 4.66. The predicted molar refractivity (Wildman–Crippen MR) is 62.7 cm³/mol. The first-order chi connectivity index (χ1) is 7.26. The first-order valence-electron chi connectivity index (χ1n) is 5.41. The Kier molecular flexibility index (Phi) is 5.71. The Morgan fingerprint density at radius 2 is 2.27 bits per heavy atom. The topological polar surface area (TPSA) is 64.9 Å². The summed E-state index contributed by atoms with van der Waals surface area (Å²) in [6.45, 7) is 4.19. The van der Waals surface area contributed by atoms with Crippen molar-refractivity contribution in [3.8, 4) is 0 Å². The summed E-state index contributed by atoms with van der Waals surface area (Å²) in [7, 11) is 0. The van der Waals surface area contributed by atoms with E-state index in [0.717, 1.165) is 42.5 Å². The summed E-state index contributed by atoms with van der Waals surface area (Å²) in [5, 5.41) is 3.91. The second-order valence-electron chi connectivity index (χ2n) is 3.54. The smallest absolute Gasteiger partial charge is 0.226 e. The number of aromatic nitrogens is 2. The number of aryl methyl sites for hydroxylation is 1. The van der Waals surface area contributed by atoms with Gasteiger partial charge in [0.25, 0.3) is 0 Å². The predicted octanol–water partition coefficient (Wildman–Crippen LogP) is 1.99. The van der Waals surface area contributed by atoms with Gasteiger partial charge < -0.3 is 10.3 Å². The lowest BCUT2D eigenvalue weighted by atomic mass is 10.3. The monoisotopic (exact) mass is 229 g/mol. The fraction of sp³-hybridized carbons (Fsp3) is 0.800. The highest BCUT2D eigenvalue weighted by atomic mass is 32.2. The van der Waals surface area contributed by atoms with E-state index in [2.05, 4.69) is 24.0 Å². The highest BCUT2D eigenvalue weighted by Gasteiger charge is 2.06. The molecule has 1 atom stereocenters. The average molecular weight is 229 g/mol. The number of rotatable bonds is 7. The lowest BCUT2D eigenvalue weighted by Crippen LogP contribution is -2.21. The summed E-state index contributed by atoms with van der Waals surface area (Å²) in [6, 6.07) is 0.275. The van der Waals surface area contributed by atoms with Crippen LogP contribution in [0.15, 0.2) is 4.52 Å². The number of hydrogen-bond acceptors (Lipinski definition) is 5. The summed E-state index contributed by atoms with van der Waals surface area (Å²) < 4.78 is 5.08. The van der Waals surface area contributed by atoms with Gasteiger partial charge in [-0.2, -0.15) is 16.7 Å². The molecule has 1 unspecified atom stereocenters. The molecular weight excluding hydrogens is 210 g/mol. The van der Waals surface area contributed by atoms with E-state index in [0.29, 0.717) is 0 Å². The number of nitrogens with two attached hydrogens (primary N) is 1. The van der Waals surface area contributed by atoms with Gasteiger partial charge in [0.15, 0.2) is 5.82 Å². The summed E-state index contributed by atoms with van der Waals surface area (Å²) in [5.74, 6) is 3.27. The third-order valence-corrected chi connectivity index (χ3v) is 3.19. The molecule has 0 radical (unpaired) electrons. The summed E-state index contributed by atoms with van der Waals surface area (Å²) in [6.07, 6.45) is 2.92. The molecule has 4 nitrogen and oxygen atoms in total. The fourth-order valence-corrected chi connectivity index (χ4v) is 2.04. The van der Waals surface area contributed by atoms with Crippen molar-refractivity contribution in [2.45, 2.75) is 44.9 Å². The molecule has 15 heavy (non-hydrogen) atoms. The lowest BCUT2D eigenvalue weighted by molar-refractivity contribution is 0.373. The summed E-state index contributed by atoms with van der Waals surface area (Å²) in [4.78, 5) is 4.28.